The first kappa shape index (κ1) is 25.0. The molecule has 33 heavy (non-hydrogen) atoms. The average Bonchev–Trinajstić information content (AvgIpc) is 2.82. The van der Waals surface area contributed by atoms with E-state index in [9.17, 15) is 14.0 Å². The summed E-state index contributed by atoms with van der Waals surface area (Å²) in [5.41, 5.74) is 0.966. The van der Waals surface area contributed by atoms with E-state index in [4.69, 9.17) is 16.3 Å². The zero-order valence-corrected chi connectivity index (χ0v) is 20.0. The molecule has 5 nitrogen and oxygen atoms in total. The molecule has 2 amide bonds. The van der Waals surface area contributed by atoms with Crippen molar-refractivity contribution in [1.82, 2.24) is 10.2 Å². The normalized spacial score (nSPS) is 15.0. The highest BCUT2D eigenvalue weighted by molar-refractivity contribution is 6.31. The molecule has 0 bridgehead atoms. The summed E-state index contributed by atoms with van der Waals surface area (Å²) in [6, 6.07) is 11.2. The minimum absolute atomic E-state index is 0.134. The van der Waals surface area contributed by atoms with Gasteiger partial charge in [-0.25, -0.2) is 4.39 Å². The third-order valence-electron chi connectivity index (χ3n) is 6.21. The third-order valence-corrected chi connectivity index (χ3v) is 6.57. The second-order valence-electron chi connectivity index (χ2n) is 8.52. The summed E-state index contributed by atoms with van der Waals surface area (Å²) in [6.07, 6.45) is 5.52. The quantitative estimate of drug-likeness (QED) is 0.537. The molecule has 1 aliphatic carbocycles. The Bertz CT molecular complexity index is 942. The van der Waals surface area contributed by atoms with E-state index in [1.807, 2.05) is 31.2 Å². The summed E-state index contributed by atoms with van der Waals surface area (Å²) in [7, 11) is 1.58. The molecular weight excluding hydrogens is 443 g/mol. The number of nitrogens with one attached hydrogen (secondary N) is 1. The van der Waals surface area contributed by atoms with Crippen LogP contribution in [0.15, 0.2) is 42.5 Å². The van der Waals surface area contributed by atoms with Crippen LogP contribution in [0.2, 0.25) is 5.02 Å². The lowest BCUT2D eigenvalue weighted by atomic mass is 9.95. The van der Waals surface area contributed by atoms with Crippen molar-refractivity contribution in [2.24, 2.45) is 0 Å². The molecule has 2 aromatic rings. The van der Waals surface area contributed by atoms with Crippen LogP contribution in [-0.2, 0) is 22.6 Å². The molecule has 0 spiro atoms. The fraction of sp³-hybridized carbons (Fsp3) is 0.462. The van der Waals surface area contributed by atoms with Gasteiger partial charge < -0.3 is 15.0 Å². The molecule has 0 aromatic heterocycles. The van der Waals surface area contributed by atoms with Gasteiger partial charge in [-0.1, -0.05) is 56.0 Å². The van der Waals surface area contributed by atoms with Gasteiger partial charge >= 0.3 is 0 Å². The lowest BCUT2D eigenvalue weighted by molar-refractivity contribution is -0.141. The van der Waals surface area contributed by atoms with E-state index in [-0.39, 0.29) is 41.4 Å². The molecule has 1 N–H and O–H groups in total. The molecule has 0 heterocycles. The van der Waals surface area contributed by atoms with Crippen molar-refractivity contribution in [2.75, 3.05) is 7.11 Å². The van der Waals surface area contributed by atoms with Crippen molar-refractivity contribution in [2.45, 2.75) is 70.5 Å². The maximum Gasteiger partial charge on any atom is 0.243 e. The number of halogens is 2. The lowest BCUT2D eigenvalue weighted by Gasteiger charge is -2.33. The number of rotatable bonds is 9. The zero-order valence-electron chi connectivity index (χ0n) is 19.3. The summed E-state index contributed by atoms with van der Waals surface area (Å²) < 4.78 is 19.7. The number of methoxy groups -OCH3 is 1. The van der Waals surface area contributed by atoms with E-state index in [0.717, 1.165) is 31.2 Å². The van der Waals surface area contributed by atoms with E-state index >= 15 is 0 Å². The van der Waals surface area contributed by atoms with Gasteiger partial charge in [-0.15, -0.1) is 0 Å². The molecule has 1 atom stereocenters. The van der Waals surface area contributed by atoms with Crippen LogP contribution in [0.4, 0.5) is 4.39 Å². The second kappa shape index (κ2) is 12.0. The third kappa shape index (κ3) is 6.70. The number of hydrogen-bond acceptors (Lipinski definition) is 3. The Morgan fingerprint density at radius 1 is 1.18 bits per heavy atom. The number of amides is 2. The highest BCUT2D eigenvalue weighted by Crippen LogP contribution is 2.24. The van der Waals surface area contributed by atoms with Crippen molar-refractivity contribution < 1.29 is 18.7 Å². The summed E-state index contributed by atoms with van der Waals surface area (Å²) in [5, 5.41) is 3.34. The highest BCUT2D eigenvalue weighted by atomic mass is 35.5. The smallest absolute Gasteiger partial charge is 0.243 e. The molecule has 1 unspecified atom stereocenters. The van der Waals surface area contributed by atoms with Gasteiger partial charge in [0.05, 0.1) is 13.5 Å². The van der Waals surface area contributed by atoms with Gasteiger partial charge in [0.2, 0.25) is 11.8 Å². The Hall–Kier alpha value is -2.60. The Morgan fingerprint density at radius 2 is 1.91 bits per heavy atom. The van der Waals surface area contributed by atoms with Gasteiger partial charge in [0, 0.05) is 23.2 Å². The lowest BCUT2D eigenvalue weighted by Crippen LogP contribution is -2.52. The fourth-order valence-electron chi connectivity index (χ4n) is 4.39. The largest absolute Gasteiger partial charge is 0.497 e. The number of ether oxygens (including phenoxy) is 1. The molecule has 1 fully saturated rings. The topological polar surface area (TPSA) is 58.6 Å². The Kier molecular flexibility index (Phi) is 9.12. The van der Waals surface area contributed by atoms with Crippen LogP contribution in [0.1, 0.15) is 56.6 Å². The number of carbonyl (C=O) groups is 2. The molecule has 1 saturated carbocycles. The maximum atomic E-state index is 14.4. The van der Waals surface area contributed by atoms with Crippen LogP contribution in [0.3, 0.4) is 0 Å². The van der Waals surface area contributed by atoms with Crippen LogP contribution >= 0.6 is 11.6 Å². The Balaban J connectivity index is 1.86. The van der Waals surface area contributed by atoms with Gasteiger partial charge in [-0.3, -0.25) is 9.59 Å². The SMILES string of the molecule is CCC(C(=O)NC1CCCCC1)N(Cc1cccc(OC)c1)C(=O)Cc1c(F)cccc1Cl. The van der Waals surface area contributed by atoms with Crippen molar-refractivity contribution in [3.63, 3.8) is 0 Å². The van der Waals surface area contributed by atoms with Crippen molar-refractivity contribution in [3.05, 3.63) is 64.4 Å². The van der Waals surface area contributed by atoms with Crippen LogP contribution in [0.25, 0.3) is 0 Å². The Labute approximate surface area is 200 Å². The minimum atomic E-state index is -0.670. The number of hydrogen-bond donors (Lipinski definition) is 1. The van der Waals surface area contributed by atoms with E-state index in [0.29, 0.717) is 12.2 Å². The summed E-state index contributed by atoms with van der Waals surface area (Å²) >= 11 is 6.18. The number of carbonyl (C=O) groups excluding carboxylic acids is 2. The first-order valence-corrected chi connectivity index (χ1v) is 12.0. The average molecular weight is 475 g/mol. The summed E-state index contributed by atoms with van der Waals surface area (Å²) in [6.45, 7) is 2.09. The summed E-state index contributed by atoms with van der Waals surface area (Å²) in [5.74, 6) is -0.385. The molecule has 0 aliphatic heterocycles. The molecule has 7 heteroatoms. The fourth-order valence-corrected chi connectivity index (χ4v) is 4.62. The van der Waals surface area contributed by atoms with E-state index in [1.54, 1.807) is 13.2 Å². The molecule has 1 aliphatic rings. The van der Waals surface area contributed by atoms with Crippen LogP contribution < -0.4 is 10.1 Å². The van der Waals surface area contributed by atoms with Gasteiger partial charge in [-0.05, 0) is 49.1 Å². The molecule has 2 aromatic carbocycles. The first-order chi connectivity index (χ1) is 15.9. The van der Waals surface area contributed by atoms with Gasteiger partial charge in [0.15, 0.2) is 0 Å². The molecule has 3 rings (SSSR count). The van der Waals surface area contributed by atoms with Crippen LogP contribution in [0, 0.1) is 5.82 Å². The van der Waals surface area contributed by atoms with Gasteiger partial charge in [0.25, 0.3) is 0 Å². The minimum Gasteiger partial charge on any atom is -0.497 e. The van der Waals surface area contributed by atoms with Crippen molar-refractivity contribution in [3.8, 4) is 5.75 Å². The zero-order chi connectivity index (χ0) is 23.8. The van der Waals surface area contributed by atoms with Crippen molar-refractivity contribution >= 4 is 23.4 Å². The molecular formula is C26H32ClFN2O3. The second-order valence-corrected chi connectivity index (χ2v) is 8.92. The summed E-state index contributed by atoms with van der Waals surface area (Å²) in [4.78, 5) is 28.3. The standard InChI is InChI=1S/C26H32ClFN2O3/c1-3-24(26(32)29-19-10-5-4-6-11-19)30(17-18-9-7-12-20(15-18)33-2)25(31)16-21-22(27)13-8-14-23(21)28/h7-9,12-15,19,24H,3-6,10-11,16-17H2,1-2H3,(H,29,32). The number of nitrogens with zero attached hydrogens (tertiary/aromatic N) is 1. The first-order valence-electron chi connectivity index (χ1n) is 11.6. The molecule has 0 radical (unpaired) electrons. The Morgan fingerprint density at radius 3 is 2.58 bits per heavy atom. The predicted molar refractivity (Wildman–Crippen MR) is 128 cm³/mol. The van der Waals surface area contributed by atoms with Crippen molar-refractivity contribution in [1.29, 1.82) is 0 Å². The maximum absolute atomic E-state index is 14.4. The van der Waals surface area contributed by atoms with E-state index < -0.39 is 11.9 Å². The highest BCUT2D eigenvalue weighted by Gasteiger charge is 2.31. The van der Waals surface area contributed by atoms with Crippen LogP contribution in [0.5, 0.6) is 5.75 Å². The van der Waals surface area contributed by atoms with Gasteiger partial charge in [0.1, 0.15) is 17.6 Å². The van der Waals surface area contributed by atoms with E-state index in [1.165, 1.54) is 23.5 Å². The number of benzene rings is 2. The predicted octanol–water partition coefficient (Wildman–Crippen LogP) is 5.29. The molecule has 178 valence electrons. The molecule has 0 saturated heterocycles. The monoisotopic (exact) mass is 474 g/mol. The van der Waals surface area contributed by atoms with E-state index in [2.05, 4.69) is 5.32 Å². The van der Waals surface area contributed by atoms with Crippen LogP contribution in [-0.4, -0.2) is 35.9 Å². The van der Waals surface area contributed by atoms with Gasteiger partial charge in [-0.2, -0.15) is 0 Å².